The van der Waals surface area contributed by atoms with Gasteiger partial charge >= 0.3 is 5.97 Å². The van der Waals surface area contributed by atoms with Crippen molar-refractivity contribution in [3.63, 3.8) is 0 Å². The Morgan fingerprint density at radius 3 is 1.93 bits per heavy atom. The molecule has 0 bridgehead atoms. The minimum atomic E-state index is -1.71. The molecule has 1 fully saturated rings. The van der Waals surface area contributed by atoms with E-state index in [1.807, 2.05) is 22.6 Å². The van der Waals surface area contributed by atoms with Gasteiger partial charge in [-0.1, -0.05) is 50.3 Å². The predicted molar refractivity (Wildman–Crippen MR) is 113 cm³/mol. The van der Waals surface area contributed by atoms with E-state index in [9.17, 15) is 30.0 Å². The summed E-state index contributed by atoms with van der Waals surface area (Å²) in [5.74, 6) is -4.58. The third-order valence-electron chi connectivity index (χ3n) is 6.39. The van der Waals surface area contributed by atoms with Crippen LogP contribution in [0.1, 0.15) is 48.0 Å². The molecule has 0 amide bonds. The van der Waals surface area contributed by atoms with Gasteiger partial charge < -0.3 is 25.2 Å². The lowest BCUT2D eigenvalue weighted by molar-refractivity contribution is -0.166. The van der Waals surface area contributed by atoms with Crippen molar-refractivity contribution in [2.24, 2.45) is 29.6 Å². The Labute approximate surface area is 181 Å². The first kappa shape index (κ1) is 25.7. The number of aliphatic hydroxyl groups excluding tert-OH is 3. The van der Waals surface area contributed by atoms with E-state index in [1.165, 1.54) is 6.92 Å². The van der Waals surface area contributed by atoms with Crippen molar-refractivity contribution in [3.8, 4) is 0 Å². The lowest BCUT2D eigenvalue weighted by Gasteiger charge is -2.38. The minimum absolute atomic E-state index is 0.00712. The molecule has 0 unspecified atom stereocenters. The predicted octanol–water partition coefficient (Wildman–Crippen LogP) is 1.32. The zero-order valence-corrected chi connectivity index (χ0v) is 19.7. The maximum absolute atomic E-state index is 13.0. The van der Waals surface area contributed by atoms with E-state index >= 15 is 0 Å². The van der Waals surface area contributed by atoms with Crippen LogP contribution in [0.25, 0.3) is 0 Å². The summed E-state index contributed by atoms with van der Waals surface area (Å²) in [5.41, 5.74) is -1.71. The van der Waals surface area contributed by atoms with Crippen LogP contribution in [0.5, 0.6) is 0 Å². The molecule has 1 aliphatic heterocycles. The topological polar surface area (TPSA) is 124 Å². The van der Waals surface area contributed by atoms with Gasteiger partial charge in [-0.05, 0) is 26.2 Å². The first-order chi connectivity index (χ1) is 12.8. The Kier molecular flexibility index (Phi) is 9.33. The molecule has 0 aromatic carbocycles. The van der Waals surface area contributed by atoms with Crippen molar-refractivity contribution >= 4 is 34.3 Å². The Morgan fingerprint density at radius 2 is 1.43 bits per heavy atom. The van der Waals surface area contributed by atoms with Crippen molar-refractivity contribution in [1.29, 1.82) is 0 Å². The number of esters is 1. The zero-order valence-electron chi connectivity index (χ0n) is 17.5. The van der Waals surface area contributed by atoms with Gasteiger partial charge in [0.1, 0.15) is 11.7 Å². The summed E-state index contributed by atoms with van der Waals surface area (Å²) in [6.45, 7) is 9.71. The second-order valence-electron chi connectivity index (χ2n) is 8.62. The van der Waals surface area contributed by atoms with Crippen LogP contribution in [0, 0.1) is 29.6 Å². The third kappa shape index (κ3) is 5.44. The molecule has 0 aliphatic carbocycles. The maximum Gasteiger partial charge on any atom is 0.311 e. The number of ether oxygens (including phenoxy) is 1. The molecule has 8 heteroatoms. The lowest BCUT2D eigenvalue weighted by Crippen LogP contribution is -2.52. The Morgan fingerprint density at radius 1 is 0.929 bits per heavy atom. The highest BCUT2D eigenvalue weighted by Gasteiger charge is 2.45. The van der Waals surface area contributed by atoms with Crippen LogP contribution in [0.2, 0.25) is 0 Å². The van der Waals surface area contributed by atoms with Crippen molar-refractivity contribution < 1.29 is 34.8 Å². The number of aliphatic hydroxyl groups is 4. The molecular formula is C20H35IO7. The standard InChI is InChI=1S/C20H35IO7/c1-9-7-20(27,8-21)18(25)12(4)16(23)10(2)14(6)28-19(26)13(5)17(24)11(3)15(9)22/h9-17,22-24,27H,7-8H2,1-6H3/t9-,10-,11+,12+,13+,14+,15-,16-,17-,20+/m0/s1. The Bertz CT molecular complexity index is 557. The summed E-state index contributed by atoms with van der Waals surface area (Å²) in [6.07, 6.45) is -4.00. The van der Waals surface area contributed by atoms with E-state index in [1.54, 1.807) is 34.6 Å². The molecule has 1 aliphatic rings. The van der Waals surface area contributed by atoms with Gasteiger partial charge in [0, 0.05) is 22.2 Å². The van der Waals surface area contributed by atoms with Gasteiger partial charge in [-0.3, -0.25) is 9.59 Å². The van der Waals surface area contributed by atoms with E-state index in [4.69, 9.17) is 4.74 Å². The second-order valence-corrected chi connectivity index (χ2v) is 9.38. The number of Topliss-reactive ketones (excluding diaryl/α,β-unsaturated/α-hetero) is 1. The summed E-state index contributed by atoms with van der Waals surface area (Å²) < 4.78 is 5.53. The van der Waals surface area contributed by atoms with Gasteiger partial charge in [-0.15, -0.1) is 0 Å². The van der Waals surface area contributed by atoms with Crippen LogP contribution in [-0.2, 0) is 14.3 Å². The Hall–Kier alpha value is -0.290. The van der Waals surface area contributed by atoms with Gasteiger partial charge in [-0.2, -0.15) is 0 Å². The number of alkyl halides is 1. The van der Waals surface area contributed by atoms with Crippen LogP contribution in [0.4, 0.5) is 0 Å². The number of cyclic esters (lactones) is 1. The van der Waals surface area contributed by atoms with E-state index in [-0.39, 0.29) is 10.8 Å². The molecule has 1 rings (SSSR count). The molecule has 164 valence electrons. The molecule has 0 aromatic heterocycles. The van der Waals surface area contributed by atoms with Gasteiger partial charge in [-0.25, -0.2) is 0 Å². The smallest absolute Gasteiger partial charge is 0.311 e. The molecule has 0 saturated carbocycles. The van der Waals surface area contributed by atoms with E-state index < -0.39 is 71.4 Å². The molecule has 1 saturated heterocycles. The third-order valence-corrected chi connectivity index (χ3v) is 7.65. The van der Waals surface area contributed by atoms with Crippen LogP contribution in [0.3, 0.4) is 0 Å². The largest absolute Gasteiger partial charge is 0.462 e. The summed E-state index contributed by atoms with van der Waals surface area (Å²) in [7, 11) is 0. The molecule has 10 atom stereocenters. The summed E-state index contributed by atoms with van der Waals surface area (Å²) in [6, 6.07) is 0. The fourth-order valence-corrected chi connectivity index (χ4v) is 4.59. The molecule has 4 N–H and O–H groups in total. The highest BCUT2D eigenvalue weighted by molar-refractivity contribution is 14.1. The lowest BCUT2D eigenvalue weighted by atomic mass is 9.75. The zero-order chi connectivity index (χ0) is 22.0. The number of halogens is 1. The number of ketones is 1. The van der Waals surface area contributed by atoms with Gasteiger partial charge in [0.15, 0.2) is 5.78 Å². The highest BCUT2D eigenvalue weighted by Crippen LogP contribution is 2.33. The van der Waals surface area contributed by atoms with Crippen molar-refractivity contribution in [1.82, 2.24) is 0 Å². The molecule has 7 nitrogen and oxygen atoms in total. The molecule has 28 heavy (non-hydrogen) atoms. The number of carbonyl (C=O) groups excluding carboxylic acids is 2. The van der Waals surface area contributed by atoms with Gasteiger partial charge in [0.25, 0.3) is 0 Å². The van der Waals surface area contributed by atoms with Crippen LogP contribution in [-0.4, -0.2) is 66.6 Å². The number of hydrogen-bond acceptors (Lipinski definition) is 7. The van der Waals surface area contributed by atoms with Crippen molar-refractivity contribution in [2.45, 2.75) is 78.0 Å². The first-order valence-corrected chi connectivity index (χ1v) is 11.4. The minimum Gasteiger partial charge on any atom is -0.462 e. The molecule has 0 spiro atoms. The van der Waals surface area contributed by atoms with Crippen LogP contribution < -0.4 is 0 Å². The van der Waals surface area contributed by atoms with Crippen molar-refractivity contribution in [2.75, 3.05) is 4.43 Å². The summed E-state index contributed by atoms with van der Waals surface area (Å²) in [5, 5.41) is 42.9. The quantitative estimate of drug-likeness (QED) is 0.236. The monoisotopic (exact) mass is 514 g/mol. The van der Waals surface area contributed by atoms with Gasteiger partial charge in [0.2, 0.25) is 0 Å². The van der Waals surface area contributed by atoms with E-state index in [0.717, 1.165) is 0 Å². The van der Waals surface area contributed by atoms with E-state index in [0.29, 0.717) is 0 Å². The number of rotatable bonds is 1. The van der Waals surface area contributed by atoms with E-state index in [2.05, 4.69) is 0 Å². The van der Waals surface area contributed by atoms with Crippen molar-refractivity contribution in [3.05, 3.63) is 0 Å². The normalized spacial score (nSPS) is 47.3. The average molecular weight is 514 g/mol. The summed E-state index contributed by atoms with van der Waals surface area (Å²) >= 11 is 1.93. The Balaban J connectivity index is 3.34. The maximum atomic E-state index is 13.0. The SMILES string of the molecule is C[C@@H]1[C@@H](O)[C@@H](C)C[C@@](O)(CI)C(=O)[C@H](C)[C@@H](O)[C@@H](C)[C@@H](C)OC(=O)[C@H](C)[C@H]1O. The molecule has 1 heterocycles. The molecule has 0 radical (unpaired) electrons. The number of hydrogen-bond donors (Lipinski definition) is 4. The number of carbonyl (C=O) groups is 2. The second kappa shape index (κ2) is 10.1. The fourth-order valence-electron chi connectivity index (χ4n) is 3.90. The fraction of sp³-hybridized carbons (Fsp3) is 0.900. The average Bonchev–Trinajstić information content (AvgIpc) is 2.67. The summed E-state index contributed by atoms with van der Waals surface area (Å²) in [4.78, 5) is 25.4. The van der Waals surface area contributed by atoms with Gasteiger partial charge in [0.05, 0.1) is 24.2 Å². The highest BCUT2D eigenvalue weighted by atomic mass is 127. The molecule has 0 aromatic rings. The van der Waals surface area contributed by atoms with Crippen LogP contribution in [0.15, 0.2) is 0 Å². The molecular weight excluding hydrogens is 479 g/mol. The first-order valence-electron chi connectivity index (χ1n) is 9.85. The van der Waals surface area contributed by atoms with Crippen LogP contribution >= 0.6 is 22.6 Å².